The third-order valence-corrected chi connectivity index (χ3v) is 4.95. The van der Waals surface area contributed by atoms with Crippen LogP contribution in [0.4, 0.5) is 5.69 Å². The van der Waals surface area contributed by atoms with Crippen LogP contribution in [0.15, 0.2) is 48.7 Å². The number of non-ortho nitro benzene ring substituents is 1. The van der Waals surface area contributed by atoms with Gasteiger partial charge in [0.25, 0.3) is 5.69 Å². The smallest absolute Gasteiger partial charge is 0.269 e. The zero-order valence-corrected chi connectivity index (χ0v) is 15.7. The van der Waals surface area contributed by atoms with Gasteiger partial charge in [-0.05, 0) is 36.1 Å². The number of hydrogen-bond acceptors (Lipinski definition) is 3. The summed E-state index contributed by atoms with van der Waals surface area (Å²) < 4.78 is 0. The number of fused-ring (bicyclic) bond motifs is 1. The topological polar surface area (TPSA) is 79.2 Å². The normalized spacial score (nSPS) is 10.9. The SMILES string of the molecule is CN(Cc1cc([N+](=O)[O-])ccc1Cl)C(=O)CCCc1c[nH]c2ccccc12. The highest BCUT2D eigenvalue weighted by atomic mass is 35.5. The summed E-state index contributed by atoms with van der Waals surface area (Å²) >= 11 is 6.11. The van der Waals surface area contributed by atoms with Crippen LogP contribution in [0.25, 0.3) is 10.9 Å². The number of benzene rings is 2. The van der Waals surface area contributed by atoms with E-state index >= 15 is 0 Å². The molecular weight excluding hydrogens is 366 g/mol. The average Bonchev–Trinajstić information content (AvgIpc) is 3.06. The molecule has 0 saturated heterocycles. The lowest BCUT2D eigenvalue weighted by molar-refractivity contribution is -0.384. The molecule has 0 aliphatic carbocycles. The Balaban J connectivity index is 1.56. The number of amides is 1. The molecule has 27 heavy (non-hydrogen) atoms. The Hall–Kier alpha value is -2.86. The molecule has 0 fully saturated rings. The van der Waals surface area contributed by atoms with Crippen molar-refractivity contribution in [2.24, 2.45) is 0 Å². The van der Waals surface area contributed by atoms with Crippen molar-refractivity contribution < 1.29 is 9.72 Å². The van der Waals surface area contributed by atoms with Gasteiger partial charge in [0.2, 0.25) is 5.91 Å². The molecule has 0 aliphatic rings. The summed E-state index contributed by atoms with van der Waals surface area (Å²) in [7, 11) is 1.68. The first-order valence-corrected chi connectivity index (χ1v) is 9.05. The molecule has 0 aliphatic heterocycles. The van der Waals surface area contributed by atoms with Crippen LogP contribution in [-0.2, 0) is 17.8 Å². The summed E-state index contributed by atoms with van der Waals surface area (Å²) in [5.41, 5.74) is 2.83. The Morgan fingerprint density at radius 3 is 2.78 bits per heavy atom. The molecule has 0 bridgehead atoms. The first kappa shape index (κ1) is 18.9. The molecule has 1 amide bonds. The summed E-state index contributed by atoms with van der Waals surface area (Å²) in [6.07, 6.45) is 3.93. The molecule has 0 atom stereocenters. The van der Waals surface area contributed by atoms with Gasteiger partial charge >= 0.3 is 0 Å². The van der Waals surface area contributed by atoms with E-state index < -0.39 is 4.92 Å². The van der Waals surface area contributed by atoms with E-state index in [0.717, 1.165) is 18.4 Å². The largest absolute Gasteiger partial charge is 0.361 e. The molecule has 7 heteroatoms. The second-order valence-electron chi connectivity index (χ2n) is 6.50. The maximum Gasteiger partial charge on any atom is 0.269 e. The summed E-state index contributed by atoms with van der Waals surface area (Å²) in [6.45, 7) is 0.242. The van der Waals surface area contributed by atoms with Gasteiger partial charge in [-0.3, -0.25) is 14.9 Å². The lowest BCUT2D eigenvalue weighted by atomic mass is 10.1. The Morgan fingerprint density at radius 1 is 1.22 bits per heavy atom. The number of rotatable bonds is 7. The van der Waals surface area contributed by atoms with Gasteiger partial charge in [-0.25, -0.2) is 0 Å². The van der Waals surface area contributed by atoms with Crippen LogP contribution in [0.2, 0.25) is 5.02 Å². The van der Waals surface area contributed by atoms with Crippen molar-refractivity contribution in [3.05, 3.63) is 74.9 Å². The number of carbonyl (C=O) groups excluding carboxylic acids is 1. The number of nitro groups is 1. The summed E-state index contributed by atoms with van der Waals surface area (Å²) in [5.74, 6) is -0.0163. The molecule has 3 aromatic rings. The van der Waals surface area contributed by atoms with Gasteiger partial charge in [0.05, 0.1) is 4.92 Å². The van der Waals surface area contributed by atoms with E-state index in [0.29, 0.717) is 17.0 Å². The molecule has 1 N–H and O–H groups in total. The third-order valence-electron chi connectivity index (χ3n) is 4.59. The third kappa shape index (κ3) is 4.46. The molecule has 1 heterocycles. The van der Waals surface area contributed by atoms with Gasteiger partial charge in [-0.15, -0.1) is 0 Å². The molecule has 0 radical (unpaired) electrons. The Labute approximate surface area is 161 Å². The summed E-state index contributed by atoms with van der Waals surface area (Å²) in [6, 6.07) is 12.3. The molecule has 2 aromatic carbocycles. The highest BCUT2D eigenvalue weighted by molar-refractivity contribution is 6.31. The van der Waals surface area contributed by atoms with Gasteiger partial charge < -0.3 is 9.88 Å². The van der Waals surface area contributed by atoms with Crippen molar-refractivity contribution in [3.63, 3.8) is 0 Å². The van der Waals surface area contributed by atoms with Gasteiger partial charge in [0.15, 0.2) is 0 Å². The van der Waals surface area contributed by atoms with Crippen LogP contribution in [0.3, 0.4) is 0 Å². The first-order valence-electron chi connectivity index (χ1n) is 8.67. The van der Waals surface area contributed by atoms with Crippen molar-refractivity contribution >= 4 is 34.1 Å². The fraction of sp³-hybridized carbons (Fsp3) is 0.250. The molecule has 0 saturated carbocycles. The molecule has 0 unspecified atom stereocenters. The lowest BCUT2D eigenvalue weighted by Crippen LogP contribution is -2.26. The minimum atomic E-state index is -0.469. The van der Waals surface area contributed by atoms with Gasteiger partial charge in [-0.1, -0.05) is 29.8 Å². The highest BCUT2D eigenvalue weighted by Gasteiger charge is 2.15. The Morgan fingerprint density at radius 2 is 2.00 bits per heavy atom. The number of aromatic nitrogens is 1. The van der Waals surface area contributed by atoms with E-state index in [1.54, 1.807) is 11.9 Å². The van der Waals surface area contributed by atoms with E-state index in [1.165, 1.54) is 29.1 Å². The standard InChI is InChI=1S/C20H20ClN3O3/c1-23(13-15-11-16(24(26)27)9-10-18(15)21)20(25)8-4-5-14-12-22-19-7-3-2-6-17(14)19/h2-3,6-7,9-12,22H,4-5,8,13H2,1H3. The Bertz CT molecular complexity index is 984. The van der Waals surface area contributed by atoms with Crippen molar-refractivity contribution in [3.8, 4) is 0 Å². The molecular formula is C20H20ClN3O3. The average molecular weight is 386 g/mol. The van der Waals surface area contributed by atoms with Crippen LogP contribution in [0.5, 0.6) is 0 Å². The molecule has 6 nitrogen and oxygen atoms in total. The van der Waals surface area contributed by atoms with E-state index in [4.69, 9.17) is 11.6 Å². The number of aryl methyl sites for hydroxylation is 1. The van der Waals surface area contributed by atoms with Crippen LogP contribution in [-0.4, -0.2) is 27.8 Å². The zero-order chi connectivity index (χ0) is 19.4. The first-order chi connectivity index (χ1) is 13.0. The second-order valence-corrected chi connectivity index (χ2v) is 6.90. The number of halogens is 1. The quantitative estimate of drug-likeness (QED) is 0.472. The minimum absolute atomic E-state index is 0.0163. The van der Waals surface area contributed by atoms with Crippen molar-refractivity contribution in [2.75, 3.05) is 7.05 Å². The van der Waals surface area contributed by atoms with E-state index in [9.17, 15) is 14.9 Å². The van der Waals surface area contributed by atoms with Crippen molar-refractivity contribution in [1.82, 2.24) is 9.88 Å². The second kappa shape index (κ2) is 8.22. The van der Waals surface area contributed by atoms with E-state index in [-0.39, 0.29) is 18.1 Å². The number of nitrogens with zero attached hydrogens (tertiary/aromatic N) is 2. The maximum atomic E-state index is 12.4. The fourth-order valence-electron chi connectivity index (χ4n) is 3.10. The van der Waals surface area contributed by atoms with Crippen LogP contribution < -0.4 is 0 Å². The maximum absolute atomic E-state index is 12.4. The zero-order valence-electron chi connectivity index (χ0n) is 14.9. The highest BCUT2D eigenvalue weighted by Crippen LogP contribution is 2.24. The fourth-order valence-corrected chi connectivity index (χ4v) is 3.28. The number of nitrogens with one attached hydrogen (secondary N) is 1. The predicted octanol–water partition coefficient (Wildman–Crippen LogP) is 4.71. The molecule has 1 aromatic heterocycles. The van der Waals surface area contributed by atoms with Crippen molar-refractivity contribution in [2.45, 2.75) is 25.8 Å². The number of hydrogen-bond donors (Lipinski definition) is 1. The van der Waals surface area contributed by atoms with E-state index in [2.05, 4.69) is 11.1 Å². The predicted molar refractivity (Wildman–Crippen MR) is 106 cm³/mol. The van der Waals surface area contributed by atoms with Crippen LogP contribution in [0.1, 0.15) is 24.0 Å². The van der Waals surface area contributed by atoms with Gasteiger partial charge in [-0.2, -0.15) is 0 Å². The van der Waals surface area contributed by atoms with Crippen molar-refractivity contribution in [1.29, 1.82) is 0 Å². The Kier molecular flexibility index (Phi) is 5.76. The van der Waals surface area contributed by atoms with E-state index in [1.807, 2.05) is 24.4 Å². The molecule has 0 spiro atoms. The van der Waals surface area contributed by atoms with Crippen LogP contribution in [0, 0.1) is 10.1 Å². The van der Waals surface area contributed by atoms with Gasteiger partial charge in [0.1, 0.15) is 0 Å². The lowest BCUT2D eigenvalue weighted by Gasteiger charge is -2.18. The summed E-state index contributed by atoms with van der Waals surface area (Å²) in [5, 5.41) is 12.5. The summed E-state index contributed by atoms with van der Waals surface area (Å²) in [4.78, 5) is 27.6. The van der Waals surface area contributed by atoms with Crippen LogP contribution >= 0.6 is 11.6 Å². The minimum Gasteiger partial charge on any atom is -0.361 e. The number of aromatic amines is 1. The monoisotopic (exact) mass is 385 g/mol. The number of para-hydroxylation sites is 1. The number of nitro benzene ring substituents is 1. The number of carbonyl (C=O) groups is 1. The van der Waals surface area contributed by atoms with Gasteiger partial charge in [0, 0.05) is 54.3 Å². The molecule has 3 rings (SSSR count). The number of H-pyrrole nitrogens is 1. The molecule has 140 valence electrons.